The highest BCUT2D eigenvalue weighted by atomic mass is 32.2. The van der Waals surface area contributed by atoms with Crippen molar-refractivity contribution < 1.29 is 24.2 Å². The van der Waals surface area contributed by atoms with Crippen LogP contribution in [0.1, 0.15) is 22.8 Å². The van der Waals surface area contributed by atoms with Crippen LogP contribution in [0.3, 0.4) is 0 Å². The Balaban J connectivity index is 3.09. The summed E-state index contributed by atoms with van der Waals surface area (Å²) in [7, 11) is 2.93. The predicted octanol–water partition coefficient (Wildman–Crippen LogP) is 2.69. The molecule has 0 atom stereocenters. The minimum Gasteiger partial charge on any atom is -0.493 e. The molecule has 0 bridgehead atoms. The van der Waals surface area contributed by atoms with E-state index >= 15 is 0 Å². The standard InChI is InChI=1S/C14H16O5S/c1-9(15)20-6-4-5-10-7-12(18-2)13(19-3)8-11(10)14(16)17/h4-5,7-8H,6H2,1-3H3,(H,16,17). The molecule has 0 spiro atoms. The first kappa shape index (κ1) is 16.1. The van der Waals surface area contributed by atoms with Gasteiger partial charge in [0, 0.05) is 12.7 Å². The van der Waals surface area contributed by atoms with Crippen molar-refractivity contribution in [3.63, 3.8) is 0 Å². The largest absolute Gasteiger partial charge is 0.493 e. The van der Waals surface area contributed by atoms with Crippen molar-refractivity contribution in [2.24, 2.45) is 0 Å². The molecule has 108 valence electrons. The van der Waals surface area contributed by atoms with Gasteiger partial charge < -0.3 is 14.6 Å². The fourth-order valence-electron chi connectivity index (χ4n) is 1.56. The SMILES string of the molecule is COc1cc(C=CCSC(C)=O)c(C(=O)O)cc1OC. The average Bonchev–Trinajstić information content (AvgIpc) is 2.42. The third kappa shape index (κ3) is 4.31. The van der Waals surface area contributed by atoms with Crippen molar-refractivity contribution in [3.8, 4) is 11.5 Å². The van der Waals surface area contributed by atoms with Crippen molar-refractivity contribution >= 4 is 28.9 Å². The van der Waals surface area contributed by atoms with E-state index < -0.39 is 5.97 Å². The highest BCUT2D eigenvalue weighted by molar-refractivity contribution is 8.13. The van der Waals surface area contributed by atoms with Crippen LogP contribution in [-0.4, -0.2) is 36.2 Å². The van der Waals surface area contributed by atoms with Gasteiger partial charge in [0.05, 0.1) is 19.8 Å². The molecule has 0 radical (unpaired) electrons. The molecule has 0 saturated heterocycles. The zero-order valence-electron chi connectivity index (χ0n) is 11.5. The lowest BCUT2D eigenvalue weighted by atomic mass is 10.1. The monoisotopic (exact) mass is 296 g/mol. The van der Waals surface area contributed by atoms with Crippen LogP contribution in [0.2, 0.25) is 0 Å². The summed E-state index contributed by atoms with van der Waals surface area (Å²) in [5.41, 5.74) is 0.617. The first-order chi connectivity index (χ1) is 9.49. The lowest BCUT2D eigenvalue weighted by Crippen LogP contribution is -2.02. The Hall–Kier alpha value is -1.95. The molecule has 0 aliphatic carbocycles. The molecule has 0 aliphatic heterocycles. The van der Waals surface area contributed by atoms with Crippen molar-refractivity contribution in [2.45, 2.75) is 6.92 Å². The molecule has 0 amide bonds. The number of carbonyl (C=O) groups is 2. The van der Waals surface area contributed by atoms with Gasteiger partial charge in [-0.05, 0) is 17.7 Å². The number of hydrogen-bond acceptors (Lipinski definition) is 5. The summed E-state index contributed by atoms with van der Waals surface area (Å²) in [5.74, 6) is 0.254. The van der Waals surface area contributed by atoms with Crippen molar-refractivity contribution in [2.75, 3.05) is 20.0 Å². The lowest BCUT2D eigenvalue weighted by Gasteiger charge is -2.10. The number of hydrogen-bond donors (Lipinski definition) is 1. The Kier molecular flexibility index (Phi) is 6.11. The molecule has 1 aromatic rings. The van der Waals surface area contributed by atoms with E-state index in [4.69, 9.17) is 9.47 Å². The number of carboxylic acids is 1. The van der Waals surface area contributed by atoms with E-state index in [1.807, 2.05) is 0 Å². The van der Waals surface area contributed by atoms with Gasteiger partial charge >= 0.3 is 5.97 Å². The summed E-state index contributed by atoms with van der Waals surface area (Å²) >= 11 is 1.15. The van der Waals surface area contributed by atoms with Crippen molar-refractivity contribution in [1.29, 1.82) is 0 Å². The molecule has 1 N–H and O–H groups in total. The first-order valence-corrected chi connectivity index (χ1v) is 6.77. The smallest absolute Gasteiger partial charge is 0.336 e. The Bertz CT molecular complexity index is 537. The number of methoxy groups -OCH3 is 2. The topological polar surface area (TPSA) is 72.8 Å². The van der Waals surface area contributed by atoms with Crippen LogP contribution in [0.5, 0.6) is 11.5 Å². The van der Waals surface area contributed by atoms with Crippen LogP contribution in [0.15, 0.2) is 18.2 Å². The molecule has 0 saturated carbocycles. The van der Waals surface area contributed by atoms with E-state index in [1.54, 1.807) is 18.2 Å². The van der Waals surface area contributed by atoms with E-state index in [0.717, 1.165) is 11.8 Å². The van der Waals surface area contributed by atoms with Crippen molar-refractivity contribution in [3.05, 3.63) is 29.3 Å². The summed E-state index contributed by atoms with van der Waals surface area (Å²) in [6, 6.07) is 3.01. The molecule has 1 aromatic carbocycles. The fourth-order valence-corrected chi connectivity index (χ4v) is 1.99. The summed E-state index contributed by atoms with van der Waals surface area (Å²) in [4.78, 5) is 22.1. The molecule has 0 aliphatic rings. The molecule has 6 heteroatoms. The first-order valence-electron chi connectivity index (χ1n) is 5.78. The van der Waals surface area contributed by atoms with Gasteiger partial charge in [0.25, 0.3) is 0 Å². The quantitative estimate of drug-likeness (QED) is 0.870. The number of rotatable bonds is 6. The van der Waals surface area contributed by atoms with Gasteiger partial charge in [0.1, 0.15) is 0 Å². The molecule has 0 heterocycles. The summed E-state index contributed by atoms with van der Waals surface area (Å²) in [6.45, 7) is 1.48. The number of aromatic carboxylic acids is 1. The molecule has 0 unspecified atom stereocenters. The van der Waals surface area contributed by atoms with Crippen LogP contribution in [0.4, 0.5) is 0 Å². The Morgan fingerprint density at radius 3 is 2.35 bits per heavy atom. The zero-order chi connectivity index (χ0) is 15.1. The molecular weight excluding hydrogens is 280 g/mol. The number of ether oxygens (including phenoxy) is 2. The van der Waals surface area contributed by atoms with Gasteiger partial charge in [0.15, 0.2) is 16.6 Å². The molecule has 1 rings (SSSR count). The number of benzene rings is 1. The van der Waals surface area contributed by atoms with Gasteiger partial charge in [-0.1, -0.05) is 23.9 Å². The lowest BCUT2D eigenvalue weighted by molar-refractivity contribution is -0.109. The Morgan fingerprint density at radius 2 is 1.85 bits per heavy atom. The normalized spacial score (nSPS) is 10.6. The number of carbonyl (C=O) groups excluding carboxylic acids is 1. The third-order valence-electron chi connectivity index (χ3n) is 2.47. The Morgan fingerprint density at radius 1 is 1.25 bits per heavy atom. The van der Waals surface area contributed by atoms with E-state index in [9.17, 15) is 14.7 Å². The molecule has 0 fully saturated rings. The Labute approximate surface area is 121 Å². The van der Waals surface area contributed by atoms with Gasteiger partial charge in [-0.2, -0.15) is 0 Å². The van der Waals surface area contributed by atoms with Crippen LogP contribution >= 0.6 is 11.8 Å². The summed E-state index contributed by atoms with van der Waals surface area (Å²) in [6.07, 6.45) is 3.39. The van der Waals surface area contributed by atoms with E-state index in [1.165, 1.54) is 27.2 Å². The second-order valence-electron chi connectivity index (χ2n) is 3.80. The minimum atomic E-state index is -1.05. The molecule has 20 heavy (non-hydrogen) atoms. The second kappa shape index (κ2) is 7.59. The van der Waals surface area contributed by atoms with Crippen LogP contribution in [0, 0.1) is 0 Å². The van der Waals surface area contributed by atoms with Crippen molar-refractivity contribution in [1.82, 2.24) is 0 Å². The summed E-state index contributed by atoms with van der Waals surface area (Å²) < 4.78 is 10.2. The second-order valence-corrected chi connectivity index (χ2v) is 5.00. The zero-order valence-corrected chi connectivity index (χ0v) is 12.3. The average molecular weight is 296 g/mol. The van der Waals surface area contributed by atoms with E-state index in [0.29, 0.717) is 22.8 Å². The molecular formula is C14H16O5S. The van der Waals surface area contributed by atoms with Crippen LogP contribution in [0.25, 0.3) is 6.08 Å². The third-order valence-corrected chi connectivity index (χ3v) is 3.23. The van der Waals surface area contributed by atoms with Gasteiger partial charge in [-0.25, -0.2) is 4.79 Å². The fraction of sp³-hybridized carbons (Fsp3) is 0.286. The van der Waals surface area contributed by atoms with Crippen LogP contribution in [-0.2, 0) is 4.79 Å². The van der Waals surface area contributed by atoms with Gasteiger partial charge in [-0.3, -0.25) is 4.79 Å². The highest BCUT2D eigenvalue weighted by Crippen LogP contribution is 2.31. The number of carboxylic acid groups (broad SMARTS) is 1. The van der Waals surface area contributed by atoms with Gasteiger partial charge in [0.2, 0.25) is 0 Å². The maximum absolute atomic E-state index is 11.2. The molecule has 5 nitrogen and oxygen atoms in total. The van der Waals surface area contributed by atoms with Gasteiger partial charge in [-0.15, -0.1) is 0 Å². The minimum absolute atomic E-state index is 0.0143. The highest BCUT2D eigenvalue weighted by Gasteiger charge is 2.14. The number of thioether (sulfide) groups is 1. The molecule has 0 aromatic heterocycles. The summed E-state index contributed by atoms with van der Waals surface area (Å²) in [5, 5.41) is 9.22. The maximum Gasteiger partial charge on any atom is 0.336 e. The maximum atomic E-state index is 11.2. The predicted molar refractivity (Wildman–Crippen MR) is 78.7 cm³/mol. The van der Waals surface area contributed by atoms with E-state index in [-0.39, 0.29) is 10.7 Å². The van der Waals surface area contributed by atoms with E-state index in [2.05, 4.69) is 0 Å². The van der Waals surface area contributed by atoms with Crippen LogP contribution < -0.4 is 9.47 Å².